The first kappa shape index (κ1) is 19.9. The molecule has 0 saturated carbocycles. The number of halogens is 1. The summed E-state index contributed by atoms with van der Waals surface area (Å²) < 4.78 is 5.74. The topological polar surface area (TPSA) is 47.6 Å². The van der Waals surface area contributed by atoms with Gasteiger partial charge in [0.15, 0.2) is 5.78 Å². The van der Waals surface area contributed by atoms with Crippen LogP contribution < -0.4 is 10.2 Å². The van der Waals surface area contributed by atoms with Gasteiger partial charge in [-0.3, -0.25) is 4.79 Å². The van der Waals surface area contributed by atoms with Gasteiger partial charge in [-0.05, 0) is 43.7 Å². The number of aryl methyl sites for hydroxylation is 2. The molecular formula is C21H24ClNO3. The molecule has 5 heteroatoms. The van der Waals surface area contributed by atoms with Crippen molar-refractivity contribution in [2.75, 3.05) is 5.48 Å². The maximum atomic E-state index is 12.4. The van der Waals surface area contributed by atoms with Crippen LogP contribution >= 0.6 is 11.6 Å². The molecule has 0 spiro atoms. The van der Waals surface area contributed by atoms with E-state index in [1.807, 2.05) is 71.0 Å². The maximum absolute atomic E-state index is 12.4. The standard InChI is InChI=1S/C21H24ClNO3/c1-14-6-9-16(10-7-14)25-20(13-19(24)21(3,4)5)26-23-18-12-15(2)8-11-17(18)22/h6-13,23H,1-5H3. The van der Waals surface area contributed by atoms with E-state index in [2.05, 4.69) is 5.48 Å². The molecule has 0 amide bonds. The highest BCUT2D eigenvalue weighted by atomic mass is 35.5. The van der Waals surface area contributed by atoms with Crippen LogP contribution in [0.1, 0.15) is 31.9 Å². The van der Waals surface area contributed by atoms with Crippen LogP contribution in [0.4, 0.5) is 5.69 Å². The Morgan fingerprint density at radius 3 is 2.27 bits per heavy atom. The molecule has 26 heavy (non-hydrogen) atoms. The summed E-state index contributed by atoms with van der Waals surface area (Å²) in [6, 6.07) is 13.0. The van der Waals surface area contributed by atoms with E-state index in [0.29, 0.717) is 16.5 Å². The first-order valence-corrected chi connectivity index (χ1v) is 8.72. The van der Waals surface area contributed by atoms with Crippen molar-refractivity contribution in [1.82, 2.24) is 0 Å². The monoisotopic (exact) mass is 373 g/mol. The SMILES string of the molecule is Cc1ccc(OC(=CC(=O)C(C)(C)C)ONc2cc(C)ccc2Cl)cc1. The molecular weight excluding hydrogens is 350 g/mol. The van der Waals surface area contributed by atoms with Crippen LogP contribution in [0.2, 0.25) is 5.02 Å². The molecule has 0 aliphatic carbocycles. The second kappa shape index (κ2) is 8.28. The summed E-state index contributed by atoms with van der Waals surface area (Å²) in [5.41, 5.74) is 4.94. The zero-order valence-electron chi connectivity index (χ0n) is 15.7. The summed E-state index contributed by atoms with van der Waals surface area (Å²) in [6.45, 7) is 9.44. The van der Waals surface area contributed by atoms with Crippen molar-refractivity contribution in [1.29, 1.82) is 0 Å². The first-order valence-electron chi connectivity index (χ1n) is 8.35. The molecule has 2 aromatic rings. The van der Waals surface area contributed by atoms with Gasteiger partial charge in [-0.2, -0.15) is 0 Å². The number of carbonyl (C=O) groups is 1. The number of carbonyl (C=O) groups excluding carboxylic acids is 1. The number of benzene rings is 2. The van der Waals surface area contributed by atoms with Crippen LogP contribution in [0, 0.1) is 19.3 Å². The Morgan fingerprint density at radius 1 is 1.04 bits per heavy atom. The van der Waals surface area contributed by atoms with Gasteiger partial charge in [-0.1, -0.05) is 56.1 Å². The summed E-state index contributed by atoms with van der Waals surface area (Å²) in [5, 5.41) is 0.507. The van der Waals surface area contributed by atoms with E-state index in [4.69, 9.17) is 21.2 Å². The molecule has 0 aromatic heterocycles. The minimum Gasteiger partial charge on any atom is -0.425 e. The van der Waals surface area contributed by atoms with Gasteiger partial charge in [-0.25, -0.2) is 5.48 Å². The molecule has 0 bridgehead atoms. The first-order chi connectivity index (χ1) is 12.1. The number of ketones is 1. The molecule has 2 aromatic carbocycles. The smallest absolute Gasteiger partial charge is 0.315 e. The van der Waals surface area contributed by atoms with Crippen LogP contribution in [0.15, 0.2) is 54.5 Å². The molecule has 0 atom stereocenters. The molecule has 138 valence electrons. The van der Waals surface area contributed by atoms with Gasteiger partial charge in [0, 0.05) is 5.41 Å². The third-order valence-electron chi connectivity index (χ3n) is 3.61. The molecule has 0 unspecified atom stereocenters. The van der Waals surface area contributed by atoms with Gasteiger partial charge in [0.25, 0.3) is 0 Å². The predicted octanol–water partition coefficient (Wildman–Crippen LogP) is 5.84. The van der Waals surface area contributed by atoms with Gasteiger partial charge in [0.1, 0.15) is 5.75 Å². The van der Waals surface area contributed by atoms with E-state index in [9.17, 15) is 4.79 Å². The van der Waals surface area contributed by atoms with Crippen LogP contribution in [0.3, 0.4) is 0 Å². The fourth-order valence-corrected chi connectivity index (χ4v) is 2.10. The Hall–Kier alpha value is -2.46. The summed E-state index contributed by atoms with van der Waals surface area (Å²) >= 11 is 6.17. The van der Waals surface area contributed by atoms with Gasteiger partial charge < -0.3 is 9.57 Å². The lowest BCUT2D eigenvalue weighted by atomic mass is 9.91. The highest BCUT2D eigenvalue weighted by molar-refractivity contribution is 6.33. The summed E-state index contributed by atoms with van der Waals surface area (Å²) in [4.78, 5) is 17.9. The highest BCUT2D eigenvalue weighted by Gasteiger charge is 2.21. The number of anilines is 1. The number of allylic oxidation sites excluding steroid dienone is 1. The Balaban J connectivity index is 2.22. The average molecular weight is 374 g/mol. The number of nitrogens with one attached hydrogen (secondary N) is 1. The van der Waals surface area contributed by atoms with Crippen molar-refractivity contribution in [2.24, 2.45) is 5.41 Å². The van der Waals surface area contributed by atoms with Gasteiger partial charge in [0.05, 0.1) is 16.8 Å². The summed E-state index contributed by atoms with van der Waals surface area (Å²) in [7, 11) is 0. The van der Waals surface area contributed by atoms with E-state index in [0.717, 1.165) is 11.1 Å². The van der Waals surface area contributed by atoms with Crippen molar-refractivity contribution < 1.29 is 14.4 Å². The predicted molar refractivity (Wildman–Crippen MR) is 105 cm³/mol. The molecule has 0 radical (unpaired) electrons. The molecule has 0 heterocycles. The van der Waals surface area contributed by atoms with Crippen molar-refractivity contribution in [3.63, 3.8) is 0 Å². The molecule has 1 N–H and O–H groups in total. The fourth-order valence-electron chi connectivity index (χ4n) is 1.95. The van der Waals surface area contributed by atoms with E-state index < -0.39 is 5.41 Å². The van der Waals surface area contributed by atoms with E-state index in [1.165, 1.54) is 6.08 Å². The van der Waals surface area contributed by atoms with Crippen LogP contribution in [0.5, 0.6) is 5.75 Å². The molecule has 4 nitrogen and oxygen atoms in total. The van der Waals surface area contributed by atoms with E-state index in [1.54, 1.807) is 6.07 Å². The Morgan fingerprint density at radius 2 is 1.65 bits per heavy atom. The Bertz CT molecular complexity index is 805. The second-order valence-corrected chi connectivity index (χ2v) is 7.59. The van der Waals surface area contributed by atoms with Gasteiger partial charge in [0.2, 0.25) is 0 Å². The number of hydrogen-bond donors (Lipinski definition) is 1. The van der Waals surface area contributed by atoms with Gasteiger partial charge >= 0.3 is 5.95 Å². The van der Waals surface area contributed by atoms with Crippen molar-refractivity contribution in [3.05, 3.63) is 70.6 Å². The van der Waals surface area contributed by atoms with Crippen LogP contribution in [-0.2, 0) is 9.63 Å². The normalized spacial score (nSPS) is 11.8. The average Bonchev–Trinajstić information content (AvgIpc) is 2.56. The quantitative estimate of drug-likeness (QED) is 0.392. The lowest BCUT2D eigenvalue weighted by molar-refractivity contribution is -0.121. The van der Waals surface area contributed by atoms with Crippen LogP contribution in [-0.4, -0.2) is 5.78 Å². The zero-order chi connectivity index (χ0) is 19.3. The lowest BCUT2D eigenvalue weighted by Crippen LogP contribution is -2.20. The van der Waals surface area contributed by atoms with E-state index in [-0.39, 0.29) is 11.7 Å². The summed E-state index contributed by atoms with van der Waals surface area (Å²) in [5.74, 6) is 0.504. The van der Waals surface area contributed by atoms with Crippen molar-refractivity contribution >= 4 is 23.1 Å². The largest absolute Gasteiger partial charge is 0.425 e. The zero-order valence-corrected chi connectivity index (χ0v) is 16.5. The molecule has 0 fully saturated rings. The van der Waals surface area contributed by atoms with Crippen molar-refractivity contribution in [2.45, 2.75) is 34.6 Å². The summed E-state index contributed by atoms with van der Waals surface area (Å²) in [6.07, 6.45) is 1.34. The minimum atomic E-state index is -0.549. The Labute approximate surface area is 159 Å². The maximum Gasteiger partial charge on any atom is 0.315 e. The number of hydrogen-bond acceptors (Lipinski definition) is 4. The van der Waals surface area contributed by atoms with Gasteiger partial charge in [-0.15, -0.1) is 0 Å². The third-order valence-corrected chi connectivity index (χ3v) is 3.94. The Kier molecular flexibility index (Phi) is 6.32. The van der Waals surface area contributed by atoms with E-state index >= 15 is 0 Å². The molecule has 0 aliphatic rings. The fraction of sp³-hybridized carbons (Fsp3) is 0.286. The minimum absolute atomic E-state index is 0.0475. The number of rotatable bonds is 6. The molecule has 0 aliphatic heterocycles. The van der Waals surface area contributed by atoms with Crippen LogP contribution in [0.25, 0.3) is 0 Å². The second-order valence-electron chi connectivity index (χ2n) is 7.18. The highest BCUT2D eigenvalue weighted by Crippen LogP contribution is 2.25. The van der Waals surface area contributed by atoms with Crippen molar-refractivity contribution in [3.8, 4) is 5.75 Å². The molecule has 0 saturated heterocycles. The number of ether oxygens (including phenoxy) is 1. The third kappa shape index (κ3) is 5.81. The molecule has 2 rings (SSSR count). The lowest BCUT2D eigenvalue weighted by Gasteiger charge is -2.17.